The molecule has 27 heavy (non-hydrogen) atoms. The first kappa shape index (κ1) is 20.6. The molecule has 11 heteroatoms. The molecule has 0 spiro atoms. The molecule has 0 aromatic heterocycles. The monoisotopic (exact) mass is 402 g/mol. The lowest BCUT2D eigenvalue weighted by atomic mass is 9.94. The molecule has 2 aromatic rings. The molecular weight excluding hydrogens is 395 g/mol. The van der Waals surface area contributed by atoms with Crippen LogP contribution in [0.15, 0.2) is 0 Å². The molecule has 0 bridgehead atoms. The van der Waals surface area contributed by atoms with Crippen LogP contribution in [0.3, 0.4) is 0 Å². The summed E-state index contributed by atoms with van der Waals surface area (Å²) in [5.74, 6) is -24.0. The lowest BCUT2D eigenvalue weighted by molar-refractivity contribution is -0.142. The third kappa shape index (κ3) is 3.33. The fourth-order valence-corrected chi connectivity index (χ4v) is 2.28. The molecule has 0 amide bonds. The molecule has 0 heterocycles. The van der Waals surface area contributed by atoms with Crippen LogP contribution in [-0.2, 0) is 16.0 Å². The Morgan fingerprint density at radius 3 is 1.44 bits per heavy atom. The van der Waals surface area contributed by atoms with Crippen LogP contribution >= 0.6 is 0 Å². The van der Waals surface area contributed by atoms with Crippen LogP contribution in [0.2, 0.25) is 0 Å². The van der Waals surface area contributed by atoms with Crippen molar-refractivity contribution in [2.45, 2.75) is 13.3 Å². The Hall–Kier alpha value is -2.72. The summed E-state index contributed by atoms with van der Waals surface area (Å²) < 4.78 is 127. The lowest BCUT2D eigenvalue weighted by Crippen LogP contribution is -2.15. The van der Waals surface area contributed by atoms with Crippen molar-refractivity contribution in [3.05, 3.63) is 57.9 Å². The highest BCUT2D eigenvalue weighted by Gasteiger charge is 2.34. The van der Waals surface area contributed by atoms with E-state index >= 15 is 0 Å². The van der Waals surface area contributed by atoms with E-state index in [4.69, 9.17) is 0 Å². The first-order valence-electron chi connectivity index (χ1n) is 7.06. The largest absolute Gasteiger partial charge is 0.466 e. The predicted molar refractivity (Wildman–Crippen MR) is 71.8 cm³/mol. The zero-order valence-corrected chi connectivity index (χ0v) is 13.1. The number of benzene rings is 2. The van der Waals surface area contributed by atoms with Crippen LogP contribution in [0.4, 0.5) is 39.5 Å². The smallest absolute Gasteiger partial charge is 0.310 e. The first-order chi connectivity index (χ1) is 12.5. The van der Waals surface area contributed by atoms with Crippen LogP contribution in [0.5, 0.6) is 0 Å². The molecule has 0 N–H and O–H groups in total. The second-order valence-electron chi connectivity index (χ2n) is 5.04. The van der Waals surface area contributed by atoms with Crippen molar-refractivity contribution in [2.75, 3.05) is 6.61 Å². The molecule has 2 aromatic carbocycles. The van der Waals surface area contributed by atoms with Gasteiger partial charge in [-0.15, -0.1) is 0 Å². The molecule has 2 nitrogen and oxygen atoms in total. The number of hydrogen-bond donors (Lipinski definition) is 0. The van der Waals surface area contributed by atoms with Crippen molar-refractivity contribution in [1.29, 1.82) is 0 Å². The van der Waals surface area contributed by atoms with Gasteiger partial charge in [0, 0.05) is 11.1 Å². The van der Waals surface area contributed by atoms with Crippen LogP contribution in [0.1, 0.15) is 12.5 Å². The minimum atomic E-state index is -2.62. The van der Waals surface area contributed by atoms with Crippen LogP contribution in [0.25, 0.3) is 11.1 Å². The molecule has 2 rings (SSSR count). The molecule has 0 atom stereocenters. The van der Waals surface area contributed by atoms with Crippen molar-refractivity contribution in [1.82, 2.24) is 0 Å². The van der Waals surface area contributed by atoms with Crippen LogP contribution in [-0.4, -0.2) is 12.6 Å². The average Bonchev–Trinajstić information content (AvgIpc) is 2.63. The average molecular weight is 402 g/mol. The number of carbonyl (C=O) groups excluding carboxylic acids is 1. The molecular formula is C16H7F9O2. The van der Waals surface area contributed by atoms with Crippen molar-refractivity contribution in [3.63, 3.8) is 0 Å². The Bertz CT molecular complexity index is 912. The van der Waals surface area contributed by atoms with Gasteiger partial charge < -0.3 is 4.74 Å². The van der Waals surface area contributed by atoms with Crippen molar-refractivity contribution in [3.8, 4) is 11.1 Å². The summed E-state index contributed by atoms with van der Waals surface area (Å²) in [7, 11) is 0. The Morgan fingerprint density at radius 2 is 1.00 bits per heavy atom. The second-order valence-corrected chi connectivity index (χ2v) is 5.04. The van der Waals surface area contributed by atoms with Gasteiger partial charge in [-0.25, -0.2) is 39.5 Å². The number of esters is 1. The maximum atomic E-state index is 14.1. The molecule has 0 radical (unpaired) electrons. The molecule has 0 saturated carbocycles. The second kappa shape index (κ2) is 7.49. The topological polar surface area (TPSA) is 26.3 Å². The van der Waals surface area contributed by atoms with Gasteiger partial charge in [-0.3, -0.25) is 4.79 Å². The van der Waals surface area contributed by atoms with E-state index in [9.17, 15) is 44.3 Å². The van der Waals surface area contributed by atoms with Crippen LogP contribution in [0, 0.1) is 52.4 Å². The van der Waals surface area contributed by atoms with Crippen LogP contribution < -0.4 is 0 Å². The predicted octanol–water partition coefficient (Wildman–Crippen LogP) is 4.71. The molecule has 146 valence electrons. The van der Waals surface area contributed by atoms with Gasteiger partial charge in [-0.05, 0) is 6.92 Å². The molecule has 0 aliphatic carbocycles. The van der Waals surface area contributed by atoms with E-state index in [1.165, 1.54) is 6.92 Å². The SMILES string of the molecule is CCOC(=O)Cc1c(F)c(F)c(F)c(F)c1-c1c(F)c(F)c(F)c(F)c1F. The van der Waals surface area contributed by atoms with Gasteiger partial charge in [-0.1, -0.05) is 0 Å². The number of halogens is 9. The maximum Gasteiger partial charge on any atom is 0.310 e. The van der Waals surface area contributed by atoms with Crippen molar-refractivity contribution < 1.29 is 49.0 Å². The number of ether oxygens (including phenoxy) is 1. The minimum Gasteiger partial charge on any atom is -0.466 e. The fourth-order valence-electron chi connectivity index (χ4n) is 2.28. The van der Waals surface area contributed by atoms with Gasteiger partial charge in [0.2, 0.25) is 5.82 Å². The Labute approximate surface area is 145 Å². The van der Waals surface area contributed by atoms with E-state index in [2.05, 4.69) is 4.74 Å². The number of hydrogen-bond acceptors (Lipinski definition) is 2. The van der Waals surface area contributed by atoms with Gasteiger partial charge in [0.15, 0.2) is 46.5 Å². The zero-order chi connectivity index (χ0) is 20.6. The van der Waals surface area contributed by atoms with Crippen molar-refractivity contribution in [2.24, 2.45) is 0 Å². The standard InChI is InChI=1S/C16H7F9O2/c1-2-27-5(26)3-4-6(9(18)13(22)12(21)8(4)17)7-10(19)14(23)16(25)15(24)11(7)20/h2-3H2,1H3. The third-order valence-electron chi connectivity index (χ3n) is 3.45. The Morgan fingerprint density at radius 1 is 0.630 bits per heavy atom. The zero-order valence-electron chi connectivity index (χ0n) is 13.1. The summed E-state index contributed by atoms with van der Waals surface area (Å²) in [6, 6.07) is 0. The maximum absolute atomic E-state index is 14.1. The molecule has 0 fully saturated rings. The number of rotatable bonds is 4. The van der Waals surface area contributed by atoms with E-state index in [0.717, 1.165) is 0 Å². The fraction of sp³-hybridized carbons (Fsp3) is 0.188. The number of carbonyl (C=O) groups is 1. The van der Waals surface area contributed by atoms with Crippen molar-refractivity contribution >= 4 is 5.97 Å². The van der Waals surface area contributed by atoms with E-state index in [1.807, 2.05) is 0 Å². The van der Waals surface area contributed by atoms with Gasteiger partial charge in [0.1, 0.15) is 0 Å². The van der Waals surface area contributed by atoms with E-state index in [-0.39, 0.29) is 6.61 Å². The lowest BCUT2D eigenvalue weighted by Gasteiger charge is -2.15. The van der Waals surface area contributed by atoms with E-state index < -0.39 is 81.4 Å². The summed E-state index contributed by atoms with van der Waals surface area (Å²) in [6.07, 6.45) is -1.37. The van der Waals surface area contributed by atoms with Gasteiger partial charge in [0.25, 0.3) is 0 Å². The highest BCUT2D eigenvalue weighted by Crippen LogP contribution is 2.38. The molecule has 0 aliphatic heterocycles. The molecule has 0 saturated heterocycles. The Kier molecular flexibility index (Phi) is 5.71. The molecule has 0 unspecified atom stereocenters. The van der Waals surface area contributed by atoms with Gasteiger partial charge >= 0.3 is 5.97 Å². The van der Waals surface area contributed by atoms with Gasteiger partial charge in [0.05, 0.1) is 18.6 Å². The third-order valence-corrected chi connectivity index (χ3v) is 3.45. The normalized spacial score (nSPS) is 11.0. The quantitative estimate of drug-likeness (QED) is 0.321. The molecule has 0 aliphatic rings. The summed E-state index contributed by atoms with van der Waals surface area (Å²) in [6.45, 7) is 1.01. The summed E-state index contributed by atoms with van der Waals surface area (Å²) >= 11 is 0. The summed E-state index contributed by atoms with van der Waals surface area (Å²) in [5.41, 5.74) is -5.36. The summed E-state index contributed by atoms with van der Waals surface area (Å²) in [5, 5.41) is 0. The van der Waals surface area contributed by atoms with Gasteiger partial charge in [-0.2, -0.15) is 0 Å². The first-order valence-corrected chi connectivity index (χ1v) is 7.06. The highest BCUT2D eigenvalue weighted by molar-refractivity contribution is 5.79. The summed E-state index contributed by atoms with van der Waals surface area (Å²) in [4.78, 5) is 11.5. The Balaban J connectivity index is 2.95. The van der Waals surface area contributed by atoms with E-state index in [0.29, 0.717) is 0 Å². The highest BCUT2D eigenvalue weighted by atomic mass is 19.2. The minimum absolute atomic E-state index is 0.287. The van der Waals surface area contributed by atoms with E-state index in [1.54, 1.807) is 0 Å².